The maximum absolute atomic E-state index is 13.5. The molecule has 0 radical (unpaired) electrons. The van der Waals surface area contributed by atoms with Crippen molar-refractivity contribution in [3.63, 3.8) is 0 Å². The zero-order valence-corrected chi connectivity index (χ0v) is 33.3. The van der Waals surface area contributed by atoms with Crippen LogP contribution in [0.15, 0.2) is 64.7 Å². The van der Waals surface area contributed by atoms with Crippen molar-refractivity contribution in [2.24, 2.45) is 10.1 Å². The largest absolute Gasteiger partial charge is 0.478 e. The molecule has 0 fully saturated rings. The number of carbonyl (C=O) groups excluding carboxylic acids is 1. The topological polar surface area (TPSA) is 258 Å². The molecule has 0 aromatic heterocycles. The van der Waals surface area contributed by atoms with Crippen molar-refractivity contribution in [2.45, 2.75) is 64.5 Å². The minimum atomic E-state index is -4.51. The summed E-state index contributed by atoms with van der Waals surface area (Å²) in [6.45, 7) is 7.91. The highest BCUT2D eigenvalue weighted by Gasteiger charge is 2.33. The first-order valence-corrected chi connectivity index (χ1v) is 21.3. The van der Waals surface area contributed by atoms with Crippen molar-refractivity contribution < 1.29 is 45.4 Å². The monoisotopic (exact) mass is 818 g/mol. The van der Waals surface area contributed by atoms with E-state index in [9.17, 15) is 40.6 Å². The molecule has 3 aliphatic rings. The van der Waals surface area contributed by atoms with Gasteiger partial charge in [-0.05, 0) is 93.1 Å². The molecule has 1 amide bonds. The summed E-state index contributed by atoms with van der Waals surface area (Å²) in [7, 11) is -9.02. The smallest absolute Gasteiger partial charge is 0.336 e. The van der Waals surface area contributed by atoms with Crippen LogP contribution in [0.4, 0.5) is 5.69 Å². The Labute approximate surface area is 329 Å². The number of hydrogen-bond acceptors (Lipinski definition) is 10. The number of benzene rings is 3. The van der Waals surface area contributed by atoms with Crippen molar-refractivity contribution >= 4 is 54.5 Å². The number of anilines is 1. The van der Waals surface area contributed by atoms with Crippen molar-refractivity contribution in [3.8, 4) is 11.5 Å². The second kappa shape index (κ2) is 15.4. The number of fused-ring (bicyclic) bond motifs is 4. The summed E-state index contributed by atoms with van der Waals surface area (Å²) in [5.41, 5.74) is 9.25. The van der Waals surface area contributed by atoms with Crippen molar-refractivity contribution in [1.82, 2.24) is 5.32 Å². The minimum Gasteiger partial charge on any atom is -0.478 e. The van der Waals surface area contributed by atoms with Gasteiger partial charge in [0, 0.05) is 68.9 Å². The lowest BCUT2D eigenvalue weighted by atomic mass is 9.84. The van der Waals surface area contributed by atoms with Gasteiger partial charge in [0.1, 0.15) is 23.0 Å². The summed E-state index contributed by atoms with van der Waals surface area (Å²) < 4.78 is 75.2. The summed E-state index contributed by atoms with van der Waals surface area (Å²) in [6.07, 6.45) is 6.25. The highest BCUT2D eigenvalue weighted by molar-refractivity contribution is 7.86. The summed E-state index contributed by atoms with van der Waals surface area (Å²) >= 11 is 0. The number of rotatable bonds is 14. The summed E-state index contributed by atoms with van der Waals surface area (Å²) in [5.74, 6) is -2.73. The number of amides is 1. The van der Waals surface area contributed by atoms with Crippen molar-refractivity contribution in [1.29, 1.82) is 0 Å². The van der Waals surface area contributed by atoms with E-state index in [1.54, 1.807) is 50.3 Å². The number of nitrogens with zero attached hydrogens (tertiary/aromatic N) is 4. The Morgan fingerprint density at radius 3 is 2.21 bits per heavy atom. The van der Waals surface area contributed by atoms with Gasteiger partial charge >= 0.3 is 5.97 Å². The van der Waals surface area contributed by atoms with Crippen LogP contribution in [0.3, 0.4) is 0 Å². The summed E-state index contributed by atoms with van der Waals surface area (Å²) in [6, 6.07) is 10.7. The van der Waals surface area contributed by atoms with Crippen LogP contribution in [0, 0.1) is 0 Å². The van der Waals surface area contributed by atoms with Gasteiger partial charge < -0.3 is 20.5 Å². The van der Waals surface area contributed by atoms with E-state index in [0.29, 0.717) is 52.5 Å². The van der Waals surface area contributed by atoms with Crippen LogP contribution in [-0.2, 0) is 20.2 Å². The lowest BCUT2D eigenvalue weighted by molar-refractivity contribution is 0.0695. The zero-order valence-electron chi connectivity index (χ0n) is 31.7. The Morgan fingerprint density at radius 2 is 1.54 bits per heavy atom. The van der Waals surface area contributed by atoms with Gasteiger partial charge in [-0.1, -0.05) is 30.1 Å². The second-order valence-electron chi connectivity index (χ2n) is 15.3. The van der Waals surface area contributed by atoms with Crippen LogP contribution < -0.4 is 25.9 Å². The highest BCUT2D eigenvalue weighted by Crippen LogP contribution is 2.45. The molecule has 3 aromatic carbocycles. The molecular formula is C39H42N6O10S2. The Hall–Kier alpha value is -5.52. The van der Waals surface area contributed by atoms with Gasteiger partial charge in [0.2, 0.25) is 0 Å². The molecule has 0 atom stereocenters. The van der Waals surface area contributed by atoms with Crippen molar-refractivity contribution in [3.05, 3.63) is 109 Å². The molecule has 18 heteroatoms. The average Bonchev–Trinajstić information content (AvgIpc) is 3.07. The van der Waals surface area contributed by atoms with Gasteiger partial charge in [-0.15, -0.1) is 0 Å². The first-order chi connectivity index (χ1) is 26.6. The number of carboxylic acid groups (broad SMARTS) is 1. The molecule has 57 heavy (non-hydrogen) atoms. The third kappa shape index (κ3) is 9.55. The Kier molecular flexibility index (Phi) is 11.1. The number of carboxylic acids is 1. The van der Waals surface area contributed by atoms with Gasteiger partial charge in [-0.2, -0.15) is 16.8 Å². The van der Waals surface area contributed by atoms with E-state index >= 15 is 0 Å². The third-order valence-electron chi connectivity index (χ3n) is 9.59. The maximum Gasteiger partial charge on any atom is 0.336 e. The van der Waals surface area contributed by atoms with Crippen LogP contribution in [0.5, 0.6) is 11.5 Å². The number of ether oxygens (including phenoxy) is 1. The van der Waals surface area contributed by atoms with Gasteiger partial charge in [-0.3, -0.25) is 18.9 Å². The van der Waals surface area contributed by atoms with Crippen LogP contribution >= 0.6 is 0 Å². The molecular weight excluding hydrogens is 777 g/mol. The Bertz CT molecular complexity index is 2680. The average molecular weight is 819 g/mol. The van der Waals surface area contributed by atoms with Crippen molar-refractivity contribution in [2.75, 3.05) is 29.9 Å². The third-order valence-corrected chi connectivity index (χ3v) is 10.9. The Morgan fingerprint density at radius 1 is 0.860 bits per heavy atom. The van der Waals surface area contributed by atoms with Gasteiger partial charge in [-0.25, -0.2) is 4.79 Å². The molecule has 0 saturated carbocycles. The van der Waals surface area contributed by atoms with Gasteiger partial charge in [0.15, 0.2) is 0 Å². The van der Waals surface area contributed by atoms with E-state index < -0.39 is 54.7 Å². The van der Waals surface area contributed by atoms with Crippen LogP contribution in [0.2, 0.25) is 0 Å². The number of hydrogen-bond donors (Lipinski definition) is 5. The lowest BCUT2D eigenvalue weighted by Crippen LogP contribution is -2.33. The number of azide groups is 1. The van der Waals surface area contributed by atoms with E-state index in [2.05, 4.69) is 20.7 Å². The quantitative estimate of drug-likeness (QED) is 0.0349. The van der Waals surface area contributed by atoms with Crippen LogP contribution in [-0.4, -0.2) is 78.6 Å². The number of unbranched alkanes of at least 4 members (excludes halogenated alkanes) is 3. The molecule has 0 aliphatic carbocycles. The number of nitrogens with one attached hydrogen (secondary N) is 2. The molecule has 0 unspecified atom stereocenters. The first kappa shape index (κ1) is 41.1. The fraction of sp³-hybridized carbons (Fsp3) is 0.359. The molecule has 5 N–H and O–H groups in total. The molecule has 6 rings (SSSR count). The second-order valence-corrected chi connectivity index (χ2v) is 18.2. The van der Waals surface area contributed by atoms with Crippen LogP contribution in [0.1, 0.15) is 96.3 Å². The molecule has 3 aromatic rings. The lowest BCUT2D eigenvalue weighted by Gasteiger charge is -2.34. The molecule has 16 nitrogen and oxygen atoms in total. The van der Waals surface area contributed by atoms with E-state index in [1.165, 1.54) is 18.2 Å². The van der Waals surface area contributed by atoms with E-state index in [1.807, 2.05) is 13.8 Å². The molecule has 0 saturated heterocycles. The fourth-order valence-corrected chi connectivity index (χ4v) is 8.71. The van der Waals surface area contributed by atoms with E-state index in [0.717, 1.165) is 19.3 Å². The van der Waals surface area contributed by atoms with Crippen LogP contribution in [0.25, 0.3) is 27.2 Å². The SMILES string of the molecule is CC1(C)C=C(CS(=O)(=O)O)c2cc3c(cc2=N1)Oc1cc2c(cc1C=3c1cc(C(=O)NCCCCCCN=[N+]=[N-])ccc1C(=O)O)C(CS(=O)(=O)O)=CC(C)(C)N2. The fourth-order valence-electron chi connectivity index (χ4n) is 7.44. The van der Waals surface area contributed by atoms with Gasteiger partial charge in [0.05, 0.1) is 22.0 Å². The normalized spacial score (nSPS) is 16.1. The molecule has 0 bridgehead atoms. The van der Waals surface area contributed by atoms with E-state index in [-0.39, 0.29) is 44.9 Å². The predicted octanol–water partition coefficient (Wildman–Crippen LogP) is 5.50. The minimum absolute atomic E-state index is 0.108. The standard InChI is InChI=1S/C39H42N6O10S2/c1-38(2)18-23(20-56(49,50)51)26-14-29-33(16-31(26)43-38)55-34-17-32-27(24(21-57(52,53)54)19-39(3,4)44-32)15-30(34)35(29)28-13-22(9-10-25(28)37(47)48)36(46)41-11-7-5-6-8-12-42-45-40/h9-10,13-19,43H,5-8,11-12,20-21H2,1-4H3,(H,41,46)(H,47,48)(H,49,50,51)(H,52,53,54). The maximum atomic E-state index is 13.5. The predicted molar refractivity (Wildman–Crippen MR) is 214 cm³/mol. The number of aromatic carboxylic acids is 1. The molecule has 0 spiro atoms. The highest BCUT2D eigenvalue weighted by atomic mass is 32.2. The summed E-state index contributed by atoms with van der Waals surface area (Å²) in [5, 5.41) is 20.9. The molecule has 3 heterocycles. The number of carbonyl (C=O) groups is 2. The summed E-state index contributed by atoms with van der Waals surface area (Å²) in [4.78, 5) is 34.0. The first-order valence-electron chi connectivity index (χ1n) is 18.1. The zero-order chi connectivity index (χ0) is 41.5. The van der Waals surface area contributed by atoms with E-state index in [4.69, 9.17) is 15.3 Å². The molecule has 3 aliphatic heterocycles. The van der Waals surface area contributed by atoms with Gasteiger partial charge in [0.25, 0.3) is 26.1 Å². The molecule has 300 valence electrons. The Balaban J connectivity index is 1.58.